The van der Waals surface area contributed by atoms with Gasteiger partial charge in [-0.25, -0.2) is 0 Å². The van der Waals surface area contributed by atoms with Gasteiger partial charge in [-0.15, -0.1) is 0 Å². The lowest BCUT2D eigenvalue weighted by molar-refractivity contribution is 0.104. The molecule has 0 amide bonds. The van der Waals surface area contributed by atoms with Gasteiger partial charge in [0.05, 0.1) is 0 Å². The molecular formula is C25H14N2O. The molecule has 2 heterocycles. The van der Waals surface area contributed by atoms with Gasteiger partial charge in [0.2, 0.25) is 0 Å². The first-order valence-corrected chi connectivity index (χ1v) is 9.43. The van der Waals surface area contributed by atoms with E-state index in [1.165, 1.54) is 0 Å². The number of hydrogen-bond acceptors (Lipinski definition) is 1. The van der Waals surface area contributed by atoms with Crippen LogP contribution in [0.2, 0.25) is 0 Å². The summed E-state index contributed by atoms with van der Waals surface area (Å²) in [5.41, 5.74) is 7.85. The van der Waals surface area contributed by atoms with E-state index in [0.717, 1.165) is 65.9 Å². The molecule has 0 radical (unpaired) electrons. The third kappa shape index (κ3) is 1.54. The van der Waals surface area contributed by atoms with E-state index in [1.807, 2.05) is 24.3 Å². The van der Waals surface area contributed by atoms with E-state index >= 15 is 0 Å². The Bertz CT molecular complexity index is 1510. The third-order valence-electron chi connectivity index (χ3n) is 6.09. The van der Waals surface area contributed by atoms with Crippen LogP contribution in [0.15, 0.2) is 72.8 Å². The summed E-state index contributed by atoms with van der Waals surface area (Å²) in [5, 5.41) is 4.26. The highest BCUT2D eigenvalue weighted by molar-refractivity contribution is 6.36. The van der Waals surface area contributed by atoms with Crippen LogP contribution in [0.5, 0.6) is 0 Å². The van der Waals surface area contributed by atoms with E-state index in [2.05, 4.69) is 58.5 Å². The van der Waals surface area contributed by atoms with Crippen molar-refractivity contribution in [3.8, 4) is 11.1 Å². The third-order valence-corrected chi connectivity index (χ3v) is 6.09. The fraction of sp³-hybridized carbons (Fsp3) is 0. The Balaban J connectivity index is 1.67. The summed E-state index contributed by atoms with van der Waals surface area (Å²) in [6.45, 7) is 0. The van der Waals surface area contributed by atoms with Crippen LogP contribution in [0.4, 0.5) is 0 Å². The van der Waals surface area contributed by atoms with E-state index in [-0.39, 0.29) is 5.78 Å². The van der Waals surface area contributed by atoms with E-state index in [1.54, 1.807) is 0 Å². The quantitative estimate of drug-likeness (QED) is 0.335. The largest absolute Gasteiger partial charge is 0.354 e. The number of nitrogens with one attached hydrogen (secondary N) is 2. The molecule has 6 aromatic rings. The Morgan fingerprint density at radius 3 is 1.46 bits per heavy atom. The average Bonchev–Trinajstić information content (AvgIpc) is 3.37. The van der Waals surface area contributed by atoms with Crippen molar-refractivity contribution in [2.24, 2.45) is 0 Å². The molecule has 3 heteroatoms. The van der Waals surface area contributed by atoms with Gasteiger partial charge in [-0.1, -0.05) is 48.5 Å². The van der Waals surface area contributed by atoms with Crippen LogP contribution in [0.1, 0.15) is 15.9 Å². The molecule has 4 aromatic carbocycles. The van der Waals surface area contributed by atoms with Crippen molar-refractivity contribution in [1.29, 1.82) is 0 Å². The molecule has 0 fully saturated rings. The second kappa shape index (κ2) is 4.70. The Hall–Kier alpha value is -3.85. The molecule has 0 saturated heterocycles. The summed E-state index contributed by atoms with van der Waals surface area (Å²) >= 11 is 0. The van der Waals surface area contributed by atoms with Crippen molar-refractivity contribution >= 4 is 49.4 Å². The van der Waals surface area contributed by atoms with Crippen molar-refractivity contribution in [2.75, 3.05) is 0 Å². The Morgan fingerprint density at radius 2 is 0.964 bits per heavy atom. The summed E-state index contributed by atoms with van der Waals surface area (Å²) < 4.78 is 0. The number of hydrogen-bond donors (Lipinski definition) is 2. The van der Waals surface area contributed by atoms with Gasteiger partial charge in [0.1, 0.15) is 0 Å². The molecule has 2 aromatic heterocycles. The number of rotatable bonds is 0. The second-order valence-electron chi connectivity index (χ2n) is 7.49. The fourth-order valence-corrected chi connectivity index (χ4v) is 4.93. The first-order valence-electron chi connectivity index (χ1n) is 9.43. The highest BCUT2D eigenvalue weighted by Gasteiger charge is 2.32. The highest BCUT2D eigenvalue weighted by Crippen LogP contribution is 2.46. The van der Waals surface area contributed by atoms with E-state index in [4.69, 9.17) is 0 Å². The number of benzene rings is 4. The lowest BCUT2D eigenvalue weighted by atomic mass is 10.0. The zero-order chi connectivity index (χ0) is 18.4. The van der Waals surface area contributed by atoms with Gasteiger partial charge in [-0.2, -0.15) is 0 Å². The second-order valence-corrected chi connectivity index (χ2v) is 7.49. The van der Waals surface area contributed by atoms with E-state index < -0.39 is 0 Å². The SMILES string of the molecule is O=C1c2c(ccc3[nH]c4ccccc4c23)-c2ccc3[nH]c4ccccc4c3c21. The van der Waals surface area contributed by atoms with Crippen molar-refractivity contribution in [2.45, 2.75) is 0 Å². The molecule has 28 heavy (non-hydrogen) atoms. The highest BCUT2D eigenvalue weighted by atomic mass is 16.1. The number of fused-ring (bicyclic) bond motifs is 11. The first kappa shape index (κ1) is 14.2. The number of para-hydroxylation sites is 2. The first-order chi connectivity index (χ1) is 13.8. The van der Waals surface area contributed by atoms with Crippen LogP contribution < -0.4 is 0 Å². The average molecular weight is 358 g/mol. The van der Waals surface area contributed by atoms with Gasteiger partial charge in [0.15, 0.2) is 5.78 Å². The standard InChI is InChI=1S/C25H14N2O/c28-25-23-13(9-11-19-21(23)15-5-1-3-7-17(15)26-19)14-10-12-20-22(24(14)25)16-6-2-4-8-18(16)27-20/h1-12,26-27H. The molecule has 0 atom stereocenters. The number of ketones is 1. The van der Waals surface area contributed by atoms with E-state index in [9.17, 15) is 4.79 Å². The Morgan fingerprint density at radius 1 is 0.500 bits per heavy atom. The maximum Gasteiger partial charge on any atom is 0.195 e. The number of aromatic amines is 2. The Kier molecular flexibility index (Phi) is 2.39. The molecular weight excluding hydrogens is 344 g/mol. The van der Waals surface area contributed by atoms with Gasteiger partial charge in [0.25, 0.3) is 0 Å². The maximum absolute atomic E-state index is 13.8. The molecule has 0 unspecified atom stereocenters. The topological polar surface area (TPSA) is 48.6 Å². The van der Waals surface area contributed by atoms with Crippen LogP contribution in [-0.4, -0.2) is 15.8 Å². The van der Waals surface area contributed by atoms with Crippen LogP contribution in [0, 0.1) is 0 Å². The van der Waals surface area contributed by atoms with Crippen molar-refractivity contribution in [1.82, 2.24) is 9.97 Å². The molecule has 3 nitrogen and oxygen atoms in total. The zero-order valence-electron chi connectivity index (χ0n) is 14.8. The van der Waals surface area contributed by atoms with Crippen molar-refractivity contribution in [3.63, 3.8) is 0 Å². The number of carbonyl (C=O) groups is 1. The van der Waals surface area contributed by atoms with Crippen LogP contribution >= 0.6 is 0 Å². The molecule has 0 spiro atoms. The van der Waals surface area contributed by atoms with Crippen LogP contribution in [0.25, 0.3) is 54.7 Å². The van der Waals surface area contributed by atoms with Crippen molar-refractivity contribution in [3.05, 3.63) is 83.9 Å². The molecule has 130 valence electrons. The summed E-state index contributed by atoms with van der Waals surface area (Å²) in [5.74, 6) is 0.121. The summed E-state index contributed by atoms with van der Waals surface area (Å²) in [6.07, 6.45) is 0. The lowest BCUT2D eigenvalue weighted by Gasteiger charge is -2.01. The van der Waals surface area contributed by atoms with Crippen LogP contribution in [-0.2, 0) is 0 Å². The number of aromatic nitrogens is 2. The smallest absolute Gasteiger partial charge is 0.195 e. The molecule has 1 aliphatic rings. The van der Waals surface area contributed by atoms with Crippen LogP contribution in [0.3, 0.4) is 0 Å². The lowest BCUT2D eigenvalue weighted by Crippen LogP contribution is -1.97. The molecule has 0 aliphatic heterocycles. The van der Waals surface area contributed by atoms with Gasteiger partial charge in [-0.05, 0) is 35.4 Å². The Labute approximate surface area is 159 Å². The maximum atomic E-state index is 13.8. The monoisotopic (exact) mass is 358 g/mol. The van der Waals surface area contributed by atoms with Gasteiger partial charge in [-0.3, -0.25) is 4.79 Å². The van der Waals surface area contributed by atoms with Gasteiger partial charge >= 0.3 is 0 Å². The minimum Gasteiger partial charge on any atom is -0.354 e. The predicted octanol–water partition coefficient (Wildman–Crippen LogP) is 6.17. The molecule has 2 N–H and O–H groups in total. The normalized spacial score (nSPS) is 13.1. The molecule has 7 rings (SSSR count). The van der Waals surface area contributed by atoms with Crippen molar-refractivity contribution < 1.29 is 4.79 Å². The summed E-state index contributed by atoms with van der Waals surface area (Å²) in [7, 11) is 0. The number of carbonyl (C=O) groups excluding carboxylic acids is 1. The summed E-state index contributed by atoms with van der Waals surface area (Å²) in [4.78, 5) is 20.7. The fourth-order valence-electron chi connectivity index (χ4n) is 4.93. The van der Waals surface area contributed by atoms with E-state index in [0.29, 0.717) is 0 Å². The minimum absolute atomic E-state index is 0.121. The molecule has 0 saturated carbocycles. The molecule has 0 bridgehead atoms. The zero-order valence-corrected chi connectivity index (χ0v) is 14.8. The number of H-pyrrole nitrogens is 2. The molecule has 1 aliphatic carbocycles. The van der Waals surface area contributed by atoms with Gasteiger partial charge < -0.3 is 9.97 Å². The minimum atomic E-state index is 0.121. The van der Waals surface area contributed by atoms with Gasteiger partial charge in [0, 0.05) is 54.7 Å². The summed E-state index contributed by atoms with van der Waals surface area (Å²) in [6, 6.07) is 24.7. The predicted molar refractivity (Wildman–Crippen MR) is 114 cm³/mol.